The maximum Gasteiger partial charge on any atom is 0.140 e. The predicted octanol–water partition coefficient (Wildman–Crippen LogP) is 4.71. The molecule has 0 saturated carbocycles. The molecular weight excluding hydrogens is 325 g/mol. The summed E-state index contributed by atoms with van der Waals surface area (Å²) >= 11 is 12.5. The quantitative estimate of drug-likeness (QED) is 0.631. The first-order chi connectivity index (χ1) is 9.38. The average molecular weight is 333 g/mol. The van der Waals surface area contributed by atoms with Crippen LogP contribution in [0.25, 0.3) is 0 Å². The molecule has 0 aliphatic carbocycles. The fraction of sp³-hybridized carbons (Fsp3) is 0. The number of benzene rings is 2. The first-order valence-electron chi connectivity index (χ1n) is 5.35. The van der Waals surface area contributed by atoms with Gasteiger partial charge in [-0.2, -0.15) is 0 Å². The maximum atomic E-state index is 13.9. The predicted molar refractivity (Wildman–Crippen MR) is 78.0 cm³/mol. The van der Waals surface area contributed by atoms with Gasteiger partial charge in [-0.3, -0.25) is 5.41 Å². The van der Waals surface area contributed by atoms with Crippen LogP contribution < -0.4 is 5.73 Å². The summed E-state index contributed by atoms with van der Waals surface area (Å²) in [5.41, 5.74) is 5.20. The second-order valence-corrected chi connectivity index (χ2v) is 5.76. The van der Waals surface area contributed by atoms with E-state index in [0.717, 1.165) is 23.9 Å². The van der Waals surface area contributed by atoms with Crippen LogP contribution in [0, 0.1) is 17.0 Å². The largest absolute Gasteiger partial charge is 0.384 e. The first-order valence-corrected chi connectivity index (χ1v) is 6.92. The van der Waals surface area contributed by atoms with E-state index >= 15 is 0 Å². The summed E-state index contributed by atoms with van der Waals surface area (Å²) in [5, 5.41) is 7.85. The van der Waals surface area contributed by atoms with E-state index in [1.165, 1.54) is 6.07 Å². The van der Waals surface area contributed by atoms with Crippen LogP contribution in [0.1, 0.15) is 5.56 Å². The van der Waals surface area contributed by atoms with Gasteiger partial charge in [0.05, 0.1) is 14.9 Å². The maximum absolute atomic E-state index is 13.9. The van der Waals surface area contributed by atoms with Gasteiger partial charge in [0.15, 0.2) is 0 Å². The van der Waals surface area contributed by atoms with Gasteiger partial charge in [-0.25, -0.2) is 8.78 Å². The Bertz CT molecular complexity index is 669. The Morgan fingerprint density at radius 1 is 1.05 bits per heavy atom. The third-order valence-corrected chi connectivity index (χ3v) is 4.24. The van der Waals surface area contributed by atoms with E-state index in [9.17, 15) is 8.78 Å². The lowest BCUT2D eigenvalue weighted by molar-refractivity contribution is 0.540. The number of amidine groups is 1. The number of nitrogen functional groups attached to an aromatic ring is 1. The van der Waals surface area contributed by atoms with Crippen LogP contribution in [-0.2, 0) is 0 Å². The number of rotatable bonds is 3. The lowest BCUT2D eigenvalue weighted by Gasteiger charge is -2.08. The fourth-order valence-electron chi connectivity index (χ4n) is 1.47. The van der Waals surface area contributed by atoms with Crippen molar-refractivity contribution in [3.63, 3.8) is 0 Å². The van der Waals surface area contributed by atoms with Gasteiger partial charge >= 0.3 is 0 Å². The van der Waals surface area contributed by atoms with Crippen LogP contribution in [0.5, 0.6) is 0 Å². The summed E-state index contributed by atoms with van der Waals surface area (Å²) in [6.45, 7) is 0. The summed E-state index contributed by atoms with van der Waals surface area (Å²) in [7, 11) is 0. The van der Waals surface area contributed by atoms with Crippen molar-refractivity contribution in [2.24, 2.45) is 5.73 Å². The molecule has 0 fully saturated rings. The second kappa shape index (κ2) is 5.99. The third kappa shape index (κ3) is 3.23. The van der Waals surface area contributed by atoms with Gasteiger partial charge in [0.25, 0.3) is 0 Å². The smallest absolute Gasteiger partial charge is 0.140 e. The first kappa shape index (κ1) is 15.1. The molecule has 7 heteroatoms. The zero-order chi connectivity index (χ0) is 14.9. The Balaban J connectivity index is 2.38. The van der Waals surface area contributed by atoms with E-state index in [-0.39, 0.29) is 10.5 Å². The number of nitrogens with two attached hydrogens (primary N) is 1. The van der Waals surface area contributed by atoms with E-state index in [0.29, 0.717) is 14.9 Å². The molecule has 2 aromatic carbocycles. The molecule has 0 radical (unpaired) electrons. The standard InChI is InChI=1S/C13H8Cl2F2N2S/c14-8-2-1-7(5-9(8)15)20-12-10(16)3-6(13(18)19)4-11(12)17/h1-5H,(H3,18,19). The normalized spacial score (nSPS) is 10.6. The van der Waals surface area contributed by atoms with Gasteiger partial charge in [0, 0.05) is 10.5 Å². The Hall–Kier alpha value is -1.30. The molecule has 0 spiro atoms. The van der Waals surface area contributed by atoms with Crippen LogP contribution in [0.15, 0.2) is 40.1 Å². The molecule has 104 valence electrons. The highest BCUT2D eigenvalue weighted by Crippen LogP contribution is 2.35. The van der Waals surface area contributed by atoms with Crippen LogP contribution in [0.2, 0.25) is 10.0 Å². The fourth-order valence-corrected chi connectivity index (χ4v) is 2.70. The van der Waals surface area contributed by atoms with Crippen molar-refractivity contribution in [1.82, 2.24) is 0 Å². The molecule has 20 heavy (non-hydrogen) atoms. The summed E-state index contributed by atoms with van der Waals surface area (Å²) in [4.78, 5) is 0.362. The molecule has 0 bridgehead atoms. The monoisotopic (exact) mass is 332 g/mol. The molecule has 0 aromatic heterocycles. The van der Waals surface area contributed by atoms with Crippen LogP contribution in [-0.4, -0.2) is 5.84 Å². The highest BCUT2D eigenvalue weighted by molar-refractivity contribution is 7.99. The molecular formula is C13H8Cl2F2N2S. The minimum atomic E-state index is -0.786. The third-order valence-electron chi connectivity index (χ3n) is 2.42. The van der Waals surface area contributed by atoms with Gasteiger partial charge in [-0.05, 0) is 30.3 Å². The van der Waals surface area contributed by atoms with Crippen molar-refractivity contribution in [3.05, 3.63) is 57.6 Å². The van der Waals surface area contributed by atoms with Crippen LogP contribution >= 0.6 is 35.0 Å². The molecule has 0 heterocycles. The minimum Gasteiger partial charge on any atom is -0.384 e. The van der Waals surface area contributed by atoms with Gasteiger partial charge in [0.2, 0.25) is 0 Å². The number of hydrogen-bond donors (Lipinski definition) is 2. The molecule has 2 rings (SSSR count). The average Bonchev–Trinajstić information content (AvgIpc) is 2.37. The second-order valence-electron chi connectivity index (χ2n) is 3.86. The van der Waals surface area contributed by atoms with E-state index in [2.05, 4.69) is 0 Å². The molecule has 0 aliphatic heterocycles. The summed E-state index contributed by atoms with van der Waals surface area (Å²) < 4.78 is 27.7. The molecule has 0 atom stereocenters. The zero-order valence-corrected chi connectivity index (χ0v) is 12.2. The summed E-state index contributed by atoms with van der Waals surface area (Å²) in [5.74, 6) is -1.97. The minimum absolute atomic E-state index is 0.00140. The number of halogens is 4. The summed E-state index contributed by atoms with van der Waals surface area (Å²) in [6, 6.07) is 6.71. The Morgan fingerprint density at radius 2 is 1.65 bits per heavy atom. The topological polar surface area (TPSA) is 49.9 Å². The molecule has 0 saturated heterocycles. The SMILES string of the molecule is N=C(N)c1cc(F)c(Sc2ccc(Cl)c(Cl)c2)c(F)c1. The Labute approximate surface area is 128 Å². The van der Waals surface area contributed by atoms with Gasteiger partial charge in [-0.1, -0.05) is 35.0 Å². The number of nitrogens with one attached hydrogen (secondary N) is 1. The molecule has 3 N–H and O–H groups in total. The molecule has 0 unspecified atom stereocenters. The van der Waals surface area contributed by atoms with Crippen molar-refractivity contribution in [1.29, 1.82) is 5.41 Å². The van der Waals surface area contributed by atoms with Crippen LogP contribution in [0.3, 0.4) is 0 Å². The Kier molecular flexibility index (Phi) is 4.52. The zero-order valence-electron chi connectivity index (χ0n) is 9.88. The van der Waals surface area contributed by atoms with Crippen molar-refractivity contribution in [2.75, 3.05) is 0 Å². The van der Waals surface area contributed by atoms with E-state index in [1.54, 1.807) is 12.1 Å². The number of hydrogen-bond acceptors (Lipinski definition) is 2. The van der Waals surface area contributed by atoms with E-state index < -0.39 is 17.5 Å². The highest BCUT2D eigenvalue weighted by Gasteiger charge is 2.14. The van der Waals surface area contributed by atoms with Gasteiger partial charge in [0.1, 0.15) is 17.5 Å². The molecule has 0 amide bonds. The Morgan fingerprint density at radius 3 is 2.15 bits per heavy atom. The van der Waals surface area contributed by atoms with E-state index in [4.69, 9.17) is 34.3 Å². The van der Waals surface area contributed by atoms with Crippen molar-refractivity contribution >= 4 is 40.8 Å². The van der Waals surface area contributed by atoms with Gasteiger partial charge < -0.3 is 5.73 Å². The van der Waals surface area contributed by atoms with Crippen molar-refractivity contribution in [3.8, 4) is 0 Å². The van der Waals surface area contributed by atoms with Gasteiger partial charge in [-0.15, -0.1) is 0 Å². The molecule has 2 aromatic rings. The highest BCUT2D eigenvalue weighted by atomic mass is 35.5. The molecule has 0 aliphatic rings. The van der Waals surface area contributed by atoms with E-state index in [1.807, 2.05) is 0 Å². The van der Waals surface area contributed by atoms with Crippen molar-refractivity contribution < 1.29 is 8.78 Å². The summed E-state index contributed by atoms with van der Waals surface area (Å²) in [6.07, 6.45) is 0. The molecule has 2 nitrogen and oxygen atoms in total. The van der Waals surface area contributed by atoms with Crippen molar-refractivity contribution in [2.45, 2.75) is 9.79 Å². The lowest BCUT2D eigenvalue weighted by Crippen LogP contribution is -2.12. The van der Waals surface area contributed by atoms with Crippen LogP contribution in [0.4, 0.5) is 8.78 Å². The lowest BCUT2D eigenvalue weighted by atomic mass is 10.2.